The topological polar surface area (TPSA) is 81.9 Å². The molecule has 0 atom stereocenters. The molecule has 3 rings (SSSR count). The van der Waals surface area contributed by atoms with Crippen molar-refractivity contribution < 1.29 is 9.53 Å². The number of hydrogen-bond donors (Lipinski definition) is 1. The van der Waals surface area contributed by atoms with E-state index in [4.69, 9.17) is 4.74 Å². The number of nitrogens with zero attached hydrogens (tertiary/aromatic N) is 4. The van der Waals surface area contributed by atoms with Crippen LogP contribution in [0.15, 0.2) is 24.3 Å². The molecule has 7 nitrogen and oxygen atoms in total. The molecule has 1 aromatic heterocycles. The van der Waals surface area contributed by atoms with Crippen LogP contribution in [0.5, 0.6) is 0 Å². The lowest BCUT2D eigenvalue weighted by Crippen LogP contribution is -2.47. The molecular formula is C19H27N5O2. The highest BCUT2D eigenvalue weighted by atomic mass is 16.5. The minimum atomic E-state index is -0.336. The Hall–Kier alpha value is -2.28. The molecular weight excluding hydrogens is 330 g/mol. The highest BCUT2D eigenvalue weighted by Gasteiger charge is 2.40. The van der Waals surface area contributed by atoms with Crippen LogP contribution in [-0.4, -0.2) is 39.3 Å². The van der Waals surface area contributed by atoms with Gasteiger partial charge in [0.25, 0.3) is 0 Å². The molecule has 1 aromatic carbocycles. The molecule has 7 heteroatoms. The van der Waals surface area contributed by atoms with E-state index in [1.165, 1.54) is 0 Å². The van der Waals surface area contributed by atoms with E-state index in [0.29, 0.717) is 12.2 Å². The fourth-order valence-electron chi connectivity index (χ4n) is 3.71. The minimum absolute atomic E-state index is 0.231. The molecule has 1 aliphatic rings. The van der Waals surface area contributed by atoms with Crippen LogP contribution in [0.1, 0.15) is 62.6 Å². The maximum absolute atomic E-state index is 12.1. The van der Waals surface area contributed by atoms with E-state index >= 15 is 0 Å². The van der Waals surface area contributed by atoms with Gasteiger partial charge >= 0.3 is 5.97 Å². The van der Waals surface area contributed by atoms with Gasteiger partial charge in [-0.3, -0.25) is 0 Å². The molecule has 0 aliphatic heterocycles. The number of ether oxygens (including phenoxy) is 1. The van der Waals surface area contributed by atoms with Crippen molar-refractivity contribution in [2.75, 3.05) is 13.2 Å². The molecule has 1 fully saturated rings. The summed E-state index contributed by atoms with van der Waals surface area (Å²) in [7, 11) is 0. The highest BCUT2D eigenvalue weighted by Crippen LogP contribution is 2.38. The SMILES string of the molecule is CCNC1(c2nnnn2-c2cccc(C(=O)OCC)c2)CCC(C)CC1. The summed E-state index contributed by atoms with van der Waals surface area (Å²) in [5, 5.41) is 16.2. The Morgan fingerprint density at radius 3 is 2.81 bits per heavy atom. The summed E-state index contributed by atoms with van der Waals surface area (Å²) in [6, 6.07) is 7.26. The van der Waals surface area contributed by atoms with E-state index in [1.54, 1.807) is 23.7 Å². The van der Waals surface area contributed by atoms with Gasteiger partial charge in [-0.1, -0.05) is 19.9 Å². The van der Waals surface area contributed by atoms with Gasteiger partial charge in [0.15, 0.2) is 5.82 Å². The summed E-state index contributed by atoms with van der Waals surface area (Å²) in [6.07, 6.45) is 4.28. The lowest BCUT2D eigenvalue weighted by atomic mass is 9.76. The van der Waals surface area contributed by atoms with Crippen LogP contribution in [-0.2, 0) is 10.3 Å². The summed E-state index contributed by atoms with van der Waals surface area (Å²) in [6.45, 7) is 7.40. The minimum Gasteiger partial charge on any atom is -0.462 e. The van der Waals surface area contributed by atoms with Crippen LogP contribution in [0, 0.1) is 5.92 Å². The summed E-state index contributed by atoms with van der Waals surface area (Å²) < 4.78 is 6.86. The van der Waals surface area contributed by atoms with Gasteiger partial charge in [-0.25, -0.2) is 4.79 Å². The van der Waals surface area contributed by atoms with Crippen LogP contribution in [0.3, 0.4) is 0 Å². The third-order valence-corrected chi connectivity index (χ3v) is 5.14. The summed E-state index contributed by atoms with van der Waals surface area (Å²) in [5.41, 5.74) is 1.04. The molecule has 1 heterocycles. The van der Waals surface area contributed by atoms with Crippen LogP contribution in [0.4, 0.5) is 0 Å². The fraction of sp³-hybridized carbons (Fsp3) is 0.579. The number of tetrazole rings is 1. The molecule has 0 spiro atoms. The standard InChI is InChI=1S/C19H27N5O2/c1-4-20-19(11-9-14(3)10-12-19)18-21-22-23-24(18)16-8-6-7-15(13-16)17(25)26-5-2/h6-8,13-14,20H,4-5,9-12H2,1-3H3. The zero-order valence-corrected chi connectivity index (χ0v) is 15.7. The molecule has 1 saturated carbocycles. The normalized spacial score (nSPS) is 23.0. The van der Waals surface area contributed by atoms with Crippen molar-refractivity contribution in [2.24, 2.45) is 5.92 Å². The highest BCUT2D eigenvalue weighted by molar-refractivity contribution is 5.90. The monoisotopic (exact) mass is 357 g/mol. The Morgan fingerprint density at radius 1 is 1.35 bits per heavy atom. The van der Waals surface area contributed by atoms with E-state index in [2.05, 4.69) is 34.7 Å². The average Bonchev–Trinajstić information content (AvgIpc) is 3.15. The fourth-order valence-corrected chi connectivity index (χ4v) is 3.71. The summed E-state index contributed by atoms with van der Waals surface area (Å²) >= 11 is 0. The Bertz CT molecular complexity index is 750. The lowest BCUT2D eigenvalue weighted by Gasteiger charge is -2.38. The number of benzene rings is 1. The zero-order valence-electron chi connectivity index (χ0n) is 15.7. The predicted molar refractivity (Wildman–Crippen MR) is 98.1 cm³/mol. The summed E-state index contributed by atoms with van der Waals surface area (Å²) in [5.74, 6) is 1.20. The van der Waals surface area contributed by atoms with Crippen LogP contribution in [0.25, 0.3) is 5.69 Å². The maximum atomic E-state index is 12.1. The first-order valence-electron chi connectivity index (χ1n) is 9.41. The largest absolute Gasteiger partial charge is 0.462 e. The smallest absolute Gasteiger partial charge is 0.338 e. The predicted octanol–water partition coefficient (Wildman–Crippen LogP) is 2.85. The Balaban J connectivity index is 1.97. The number of esters is 1. The molecule has 0 unspecified atom stereocenters. The summed E-state index contributed by atoms with van der Waals surface area (Å²) in [4.78, 5) is 12.1. The van der Waals surface area contributed by atoms with Crippen molar-refractivity contribution in [3.63, 3.8) is 0 Å². The van der Waals surface area contributed by atoms with Gasteiger partial charge in [-0.2, -0.15) is 4.68 Å². The van der Waals surface area contributed by atoms with Gasteiger partial charge in [0.1, 0.15) is 0 Å². The van der Waals surface area contributed by atoms with Gasteiger partial charge in [-0.05, 0) is 73.7 Å². The number of nitrogens with one attached hydrogen (secondary N) is 1. The third kappa shape index (κ3) is 3.62. The Morgan fingerprint density at radius 2 is 2.12 bits per heavy atom. The van der Waals surface area contributed by atoms with Crippen molar-refractivity contribution >= 4 is 5.97 Å². The average molecular weight is 357 g/mol. The third-order valence-electron chi connectivity index (χ3n) is 5.14. The molecule has 1 aliphatic carbocycles. The van der Waals surface area contributed by atoms with Gasteiger partial charge in [0, 0.05) is 0 Å². The Kier molecular flexibility index (Phi) is 5.66. The number of carbonyl (C=O) groups excluding carboxylic acids is 1. The van der Waals surface area contributed by atoms with Gasteiger partial charge in [-0.15, -0.1) is 5.10 Å². The van der Waals surface area contributed by atoms with Crippen molar-refractivity contribution in [3.8, 4) is 5.69 Å². The van der Waals surface area contributed by atoms with E-state index in [-0.39, 0.29) is 11.5 Å². The Labute approximate surface area is 154 Å². The number of carbonyl (C=O) groups is 1. The van der Waals surface area contributed by atoms with Crippen molar-refractivity contribution in [3.05, 3.63) is 35.7 Å². The second-order valence-corrected chi connectivity index (χ2v) is 6.98. The molecule has 1 N–H and O–H groups in total. The van der Waals surface area contributed by atoms with Gasteiger partial charge < -0.3 is 10.1 Å². The molecule has 0 saturated heterocycles. The van der Waals surface area contributed by atoms with Crippen molar-refractivity contribution in [2.45, 2.75) is 52.0 Å². The zero-order chi connectivity index (χ0) is 18.6. The molecule has 0 bridgehead atoms. The number of aromatic nitrogens is 4. The molecule has 0 radical (unpaired) electrons. The van der Waals surface area contributed by atoms with Crippen LogP contribution >= 0.6 is 0 Å². The van der Waals surface area contributed by atoms with Crippen molar-refractivity contribution in [1.82, 2.24) is 25.5 Å². The first-order valence-corrected chi connectivity index (χ1v) is 9.41. The van der Waals surface area contributed by atoms with Crippen molar-refractivity contribution in [1.29, 1.82) is 0 Å². The lowest BCUT2D eigenvalue weighted by molar-refractivity contribution is 0.0526. The first-order chi connectivity index (χ1) is 12.6. The van der Waals surface area contributed by atoms with E-state index < -0.39 is 0 Å². The molecule has 2 aromatic rings. The van der Waals surface area contributed by atoms with Gasteiger partial charge in [0.2, 0.25) is 0 Å². The van der Waals surface area contributed by atoms with Gasteiger partial charge in [0.05, 0.1) is 23.4 Å². The number of hydrogen-bond acceptors (Lipinski definition) is 6. The maximum Gasteiger partial charge on any atom is 0.338 e. The second-order valence-electron chi connectivity index (χ2n) is 6.98. The van der Waals surface area contributed by atoms with E-state index in [1.807, 2.05) is 12.1 Å². The van der Waals surface area contributed by atoms with E-state index in [9.17, 15) is 4.79 Å². The van der Waals surface area contributed by atoms with Crippen LogP contribution in [0.2, 0.25) is 0 Å². The molecule has 0 amide bonds. The molecule has 140 valence electrons. The number of rotatable bonds is 6. The molecule has 26 heavy (non-hydrogen) atoms. The quantitative estimate of drug-likeness (QED) is 0.801. The van der Waals surface area contributed by atoms with E-state index in [0.717, 1.165) is 49.7 Å². The second kappa shape index (κ2) is 7.95. The first kappa shape index (κ1) is 18.5. The van der Waals surface area contributed by atoms with Crippen LogP contribution < -0.4 is 5.32 Å².